The molecule has 1 aromatic heterocycles. The van der Waals surface area contributed by atoms with Gasteiger partial charge in [0, 0.05) is 30.9 Å². The molecule has 5 rings (SSSR count). The van der Waals surface area contributed by atoms with E-state index in [0.29, 0.717) is 12.1 Å². The Bertz CT molecular complexity index is 1160. The van der Waals surface area contributed by atoms with E-state index < -0.39 is 0 Å². The lowest BCUT2D eigenvalue weighted by atomic mass is 9.97. The summed E-state index contributed by atoms with van der Waals surface area (Å²) in [5.74, 6) is 0.0978. The van der Waals surface area contributed by atoms with Crippen LogP contribution < -0.4 is 10.6 Å². The van der Waals surface area contributed by atoms with Crippen molar-refractivity contribution in [2.75, 3.05) is 52.1 Å². The lowest BCUT2D eigenvalue weighted by Crippen LogP contribution is -2.31. The summed E-state index contributed by atoms with van der Waals surface area (Å²) in [4.78, 5) is 17.5. The fraction of sp³-hybridized carbons (Fsp3) is 0.417. The van der Waals surface area contributed by atoms with Crippen molar-refractivity contribution in [1.82, 2.24) is 24.9 Å². The monoisotopic (exact) mass is 434 g/mol. The fourth-order valence-corrected chi connectivity index (χ4v) is 4.65. The fourth-order valence-electron chi connectivity index (χ4n) is 4.65. The number of fused-ring (bicyclic) bond motifs is 2. The van der Waals surface area contributed by atoms with Crippen molar-refractivity contribution in [2.45, 2.75) is 19.4 Å². The minimum absolute atomic E-state index is 0.103. The highest BCUT2D eigenvalue weighted by atomic mass is 16.3. The molecule has 32 heavy (non-hydrogen) atoms. The maximum atomic E-state index is 13.0. The van der Waals surface area contributed by atoms with Crippen LogP contribution in [0.15, 0.2) is 30.3 Å². The summed E-state index contributed by atoms with van der Waals surface area (Å²) in [5.41, 5.74) is 4.90. The molecule has 8 heteroatoms. The summed E-state index contributed by atoms with van der Waals surface area (Å²) in [6.07, 6.45) is 2.52. The highest BCUT2D eigenvalue weighted by Crippen LogP contribution is 2.45. The normalized spacial score (nSPS) is 15.2. The maximum Gasteiger partial charge on any atom is 0.253 e. The van der Waals surface area contributed by atoms with E-state index in [2.05, 4.69) is 15.5 Å². The van der Waals surface area contributed by atoms with E-state index >= 15 is 0 Å². The van der Waals surface area contributed by atoms with Crippen molar-refractivity contribution in [3.05, 3.63) is 35.9 Å². The second-order valence-corrected chi connectivity index (χ2v) is 8.92. The van der Waals surface area contributed by atoms with E-state index in [1.807, 2.05) is 41.9 Å². The number of likely N-dealkylation sites (N-methyl/N-ethyl adjacent to an activating group) is 1. The summed E-state index contributed by atoms with van der Waals surface area (Å²) >= 11 is 0. The first-order valence-electron chi connectivity index (χ1n) is 11.3. The molecule has 1 saturated heterocycles. The third-order valence-electron chi connectivity index (χ3n) is 6.35. The number of nitrogens with zero attached hydrogens (tertiary/aromatic N) is 4. The molecule has 168 valence electrons. The van der Waals surface area contributed by atoms with Crippen molar-refractivity contribution < 1.29 is 9.90 Å². The van der Waals surface area contributed by atoms with Crippen molar-refractivity contribution >= 4 is 28.2 Å². The third kappa shape index (κ3) is 3.80. The molecule has 2 aromatic carbocycles. The number of amides is 1. The molecular formula is C24H30N6O2. The first-order chi connectivity index (χ1) is 15.5. The Balaban J connectivity index is 1.55. The third-order valence-corrected chi connectivity index (χ3v) is 6.35. The molecule has 0 atom stereocenters. The van der Waals surface area contributed by atoms with Crippen LogP contribution in [0.4, 0.5) is 11.4 Å². The van der Waals surface area contributed by atoms with Crippen molar-refractivity contribution in [2.24, 2.45) is 0 Å². The minimum Gasteiger partial charge on any atom is -0.508 e. The standard InChI is InChI=1S/C24H30N6O2/c1-28(2)12-9-25-24(32)17-6-8-20-21-22(17)26-19-7-5-16(31)15-18(19)23(21)27-30(20)14-13-29-10-3-4-11-29/h5-8,15,26,31H,3-4,9-14H2,1-2H3,(H,25,32). The Morgan fingerprint density at radius 1 is 1.19 bits per heavy atom. The number of rotatable bonds is 7. The molecule has 0 saturated carbocycles. The van der Waals surface area contributed by atoms with Crippen LogP contribution in [0, 0.1) is 0 Å². The molecule has 1 amide bonds. The largest absolute Gasteiger partial charge is 0.508 e. The summed E-state index contributed by atoms with van der Waals surface area (Å²) in [6, 6.07) is 9.11. The number of likely N-dealkylation sites (tertiary alicyclic amines) is 1. The minimum atomic E-state index is -0.103. The number of hydrogen-bond donors (Lipinski definition) is 3. The van der Waals surface area contributed by atoms with Gasteiger partial charge in [-0.3, -0.25) is 9.48 Å². The van der Waals surface area contributed by atoms with Gasteiger partial charge in [0.15, 0.2) is 0 Å². The highest BCUT2D eigenvalue weighted by molar-refractivity contribution is 6.16. The lowest BCUT2D eigenvalue weighted by Gasteiger charge is -2.21. The molecule has 3 heterocycles. The quantitative estimate of drug-likeness (QED) is 0.388. The SMILES string of the molecule is CN(C)CCNC(=O)c1ccc2c3c(nn2CCN2CCCC2)-c2cc(O)ccc2Nc13. The molecule has 0 bridgehead atoms. The summed E-state index contributed by atoms with van der Waals surface area (Å²) < 4.78 is 2.04. The van der Waals surface area contributed by atoms with Gasteiger partial charge in [0.1, 0.15) is 11.4 Å². The zero-order chi connectivity index (χ0) is 22.2. The zero-order valence-corrected chi connectivity index (χ0v) is 18.7. The number of benzene rings is 2. The number of anilines is 2. The van der Waals surface area contributed by atoms with E-state index in [1.165, 1.54) is 12.8 Å². The number of aromatic nitrogens is 2. The van der Waals surface area contributed by atoms with Crippen LogP contribution in [-0.4, -0.2) is 77.4 Å². The van der Waals surface area contributed by atoms with Gasteiger partial charge in [0.25, 0.3) is 5.91 Å². The van der Waals surface area contributed by atoms with Gasteiger partial charge in [-0.1, -0.05) is 0 Å². The van der Waals surface area contributed by atoms with Gasteiger partial charge in [-0.2, -0.15) is 5.10 Å². The average Bonchev–Trinajstić information content (AvgIpc) is 3.41. The topological polar surface area (TPSA) is 85.7 Å². The van der Waals surface area contributed by atoms with Crippen LogP contribution in [0.1, 0.15) is 23.2 Å². The predicted molar refractivity (Wildman–Crippen MR) is 127 cm³/mol. The Morgan fingerprint density at radius 2 is 2.00 bits per heavy atom. The second kappa shape index (κ2) is 8.44. The lowest BCUT2D eigenvalue weighted by molar-refractivity contribution is 0.0952. The molecule has 0 radical (unpaired) electrons. The van der Waals surface area contributed by atoms with Crippen LogP contribution in [0.25, 0.3) is 22.2 Å². The second-order valence-electron chi connectivity index (χ2n) is 8.92. The number of aromatic hydroxyl groups is 1. The molecular weight excluding hydrogens is 404 g/mol. The van der Waals surface area contributed by atoms with Gasteiger partial charge < -0.3 is 25.5 Å². The van der Waals surface area contributed by atoms with Gasteiger partial charge in [-0.05, 0) is 70.4 Å². The van der Waals surface area contributed by atoms with Crippen LogP contribution >= 0.6 is 0 Å². The number of phenols is 1. The Hall–Kier alpha value is -3.10. The molecule has 1 fully saturated rings. The highest BCUT2D eigenvalue weighted by Gasteiger charge is 2.27. The first kappa shape index (κ1) is 20.8. The molecule has 8 nitrogen and oxygen atoms in total. The van der Waals surface area contributed by atoms with Crippen molar-refractivity contribution in [3.63, 3.8) is 0 Å². The maximum absolute atomic E-state index is 13.0. The molecule has 3 aromatic rings. The number of phenolic OH excluding ortho intramolecular Hbond substituents is 1. The van der Waals surface area contributed by atoms with Gasteiger partial charge in [0.05, 0.1) is 28.7 Å². The van der Waals surface area contributed by atoms with E-state index in [9.17, 15) is 9.90 Å². The Morgan fingerprint density at radius 3 is 2.78 bits per heavy atom. The van der Waals surface area contributed by atoms with E-state index in [1.54, 1.807) is 12.1 Å². The summed E-state index contributed by atoms with van der Waals surface area (Å²) in [5, 5.41) is 22.4. The number of nitrogens with one attached hydrogen (secondary N) is 2. The van der Waals surface area contributed by atoms with Crippen LogP contribution in [-0.2, 0) is 6.54 Å². The predicted octanol–water partition coefficient (Wildman–Crippen LogP) is 2.85. The van der Waals surface area contributed by atoms with Crippen molar-refractivity contribution in [3.8, 4) is 17.0 Å². The number of hydrogen-bond acceptors (Lipinski definition) is 6. The van der Waals surface area contributed by atoms with Gasteiger partial charge in [-0.15, -0.1) is 0 Å². The van der Waals surface area contributed by atoms with E-state index in [-0.39, 0.29) is 11.7 Å². The molecule has 0 aliphatic carbocycles. The van der Waals surface area contributed by atoms with Gasteiger partial charge in [-0.25, -0.2) is 0 Å². The molecule has 3 N–H and O–H groups in total. The number of carbonyl (C=O) groups excluding carboxylic acids is 1. The summed E-state index contributed by atoms with van der Waals surface area (Å²) in [6.45, 7) is 5.39. The molecule has 2 aliphatic heterocycles. The van der Waals surface area contributed by atoms with Crippen LogP contribution in [0.5, 0.6) is 5.75 Å². The van der Waals surface area contributed by atoms with E-state index in [0.717, 1.165) is 66.3 Å². The average molecular weight is 435 g/mol. The van der Waals surface area contributed by atoms with Crippen molar-refractivity contribution in [1.29, 1.82) is 0 Å². The summed E-state index contributed by atoms with van der Waals surface area (Å²) in [7, 11) is 3.97. The van der Waals surface area contributed by atoms with Gasteiger partial charge in [0.2, 0.25) is 0 Å². The Kier molecular flexibility index (Phi) is 5.48. The molecule has 0 unspecified atom stereocenters. The first-order valence-corrected chi connectivity index (χ1v) is 11.3. The molecule has 0 spiro atoms. The number of carbonyl (C=O) groups is 1. The van der Waals surface area contributed by atoms with E-state index in [4.69, 9.17) is 5.10 Å². The van der Waals surface area contributed by atoms with Crippen LogP contribution in [0.3, 0.4) is 0 Å². The Labute approximate surface area is 187 Å². The van der Waals surface area contributed by atoms with Gasteiger partial charge >= 0.3 is 0 Å². The van der Waals surface area contributed by atoms with Crippen LogP contribution in [0.2, 0.25) is 0 Å². The zero-order valence-electron chi connectivity index (χ0n) is 18.7. The molecule has 2 aliphatic rings. The smallest absolute Gasteiger partial charge is 0.253 e.